The van der Waals surface area contributed by atoms with Crippen LogP contribution >= 0.6 is 0 Å². The van der Waals surface area contributed by atoms with Crippen molar-refractivity contribution in [2.24, 2.45) is 5.10 Å². The van der Waals surface area contributed by atoms with Gasteiger partial charge in [0.25, 0.3) is 5.91 Å². The molecule has 0 spiro atoms. The Labute approximate surface area is 162 Å². The van der Waals surface area contributed by atoms with Gasteiger partial charge in [-0.3, -0.25) is 9.78 Å². The number of carbonyl (C=O) groups is 1. The second-order valence-electron chi connectivity index (χ2n) is 6.43. The molecule has 0 radical (unpaired) electrons. The Kier molecular flexibility index (Phi) is 4.89. The summed E-state index contributed by atoms with van der Waals surface area (Å²) in [5.74, 6) is -0.285. The minimum Gasteiger partial charge on any atom is -0.267 e. The molecule has 0 bridgehead atoms. The fraction of sp³-hybridized carbons (Fsp3) is 0.0435. The van der Waals surface area contributed by atoms with Crippen molar-refractivity contribution in [2.45, 2.75) is 6.92 Å². The molecule has 4 aromatic rings. The number of aromatic nitrogens is 2. The van der Waals surface area contributed by atoms with Crippen molar-refractivity contribution in [3.8, 4) is 11.3 Å². The summed E-state index contributed by atoms with van der Waals surface area (Å²) in [5.41, 5.74) is 7.58. The van der Waals surface area contributed by atoms with Gasteiger partial charge < -0.3 is 0 Å². The number of hydrazone groups is 1. The van der Waals surface area contributed by atoms with Gasteiger partial charge in [-0.05, 0) is 31.2 Å². The predicted molar refractivity (Wildman–Crippen MR) is 111 cm³/mol. The SMILES string of the molecule is Cc1cccc(-c2cc(C(=O)N/N=C\c3cccnc3)c3ccccc3n2)c1. The molecular formula is C23H18N4O. The van der Waals surface area contributed by atoms with Crippen LogP contribution in [0.2, 0.25) is 0 Å². The van der Waals surface area contributed by atoms with E-state index >= 15 is 0 Å². The number of benzene rings is 2. The van der Waals surface area contributed by atoms with Crippen LogP contribution in [-0.4, -0.2) is 22.1 Å². The number of carbonyl (C=O) groups excluding carboxylic acids is 1. The highest BCUT2D eigenvalue weighted by molar-refractivity contribution is 6.07. The summed E-state index contributed by atoms with van der Waals surface area (Å²) in [6, 6.07) is 21.2. The normalized spacial score (nSPS) is 11.0. The lowest BCUT2D eigenvalue weighted by Crippen LogP contribution is -2.18. The third-order valence-electron chi connectivity index (χ3n) is 4.34. The minimum atomic E-state index is -0.285. The fourth-order valence-corrected chi connectivity index (χ4v) is 2.99. The summed E-state index contributed by atoms with van der Waals surface area (Å²) in [6.07, 6.45) is 4.93. The molecule has 0 saturated carbocycles. The van der Waals surface area contributed by atoms with Gasteiger partial charge in [0.15, 0.2) is 0 Å². The van der Waals surface area contributed by atoms with Gasteiger partial charge in [-0.2, -0.15) is 5.10 Å². The van der Waals surface area contributed by atoms with Crippen LogP contribution in [0.5, 0.6) is 0 Å². The minimum absolute atomic E-state index is 0.285. The van der Waals surface area contributed by atoms with Crippen molar-refractivity contribution < 1.29 is 4.79 Å². The lowest BCUT2D eigenvalue weighted by atomic mass is 10.0. The first-order chi connectivity index (χ1) is 13.7. The average Bonchev–Trinajstić information content (AvgIpc) is 2.73. The van der Waals surface area contributed by atoms with E-state index in [2.05, 4.69) is 21.6 Å². The average molecular weight is 366 g/mol. The zero-order valence-electron chi connectivity index (χ0n) is 15.3. The van der Waals surface area contributed by atoms with Crippen molar-refractivity contribution in [3.05, 3.63) is 95.8 Å². The van der Waals surface area contributed by atoms with Gasteiger partial charge in [-0.25, -0.2) is 10.4 Å². The zero-order valence-corrected chi connectivity index (χ0v) is 15.3. The van der Waals surface area contributed by atoms with E-state index in [1.165, 1.54) is 0 Å². The molecule has 0 fully saturated rings. The Morgan fingerprint density at radius 1 is 1.04 bits per heavy atom. The van der Waals surface area contributed by atoms with Crippen LogP contribution in [0.15, 0.2) is 84.2 Å². The number of nitrogens with zero attached hydrogens (tertiary/aromatic N) is 3. The molecule has 1 N–H and O–H groups in total. The van der Waals surface area contributed by atoms with E-state index in [1.54, 1.807) is 18.6 Å². The van der Waals surface area contributed by atoms with Crippen LogP contribution in [0.3, 0.4) is 0 Å². The van der Waals surface area contributed by atoms with E-state index in [1.807, 2.05) is 67.6 Å². The number of rotatable bonds is 4. The van der Waals surface area contributed by atoms with Gasteiger partial charge in [0.05, 0.1) is 23.0 Å². The maximum atomic E-state index is 12.8. The summed E-state index contributed by atoms with van der Waals surface area (Å²) < 4.78 is 0. The molecule has 1 amide bonds. The largest absolute Gasteiger partial charge is 0.272 e. The quantitative estimate of drug-likeness (QED) is 0.431. The molecule has 0 unspecified atom stereocenters. The highest BCUT2D eigenvalue weighted by Crippen LogP contribution is 2.25. The van der Waals surface area contributed by atoms with Crippen LogP contribution in [0.25, 0.3) is 22.2 Å². The molecule has 2 heterocycles. The highest BCUT2D eigenvalue weighted by Gasteiger charge is 2.13. The van der Waals surface area contributed by atoms with E-state index in [4.69, 9.17) is 4.98 Å². The first-order valence-electron chi connectivity index (χ1n) is 8.91. The lowest BCUT2D eigenvalue weighted by Gasteiger charge is -2.09. The number of amides is 1. The second kappa shape index (κ2) is 7.80. The fourth-order valence-electron chi connectivity index (χ4n) is 2.99. The molecule has 0 aliphatic heterocycles. The van der Waals surface area contributed by atoms with Gasteiger partial charge in [-0.1, -0.05) is 48.0 Å². The van der Waals surface area contributed by atoms with E-state index in [9.17, 15) is 4.79 Å². The van der Waals surface area contributed by atoms with Crippen molar-refractivity contribution >= 4 is 23.0 Å². The van der Waals surface area contributed by atoms with Crippen LogP contribution < -0.4 is 5.43 Å². The van der Waals surface area contributed by atoms with Gasteiger partial charge in [0.2, 0.25) is 0 Å². The Morgan fingerprint density at radius 2 is 1.93 bits per heavy atom. The number of aryl methyl sites for hydroxylation is 1. The van der Waals surface area contributed by atoms with Crippen LogP contribution in [0.1, 0.15) is 21.5 Å². The molecule has 5 heteroatoms. The zero-order chi connectivity index (χ0) is 19.3. The van der Waals surface area contributed by atoms with E-state index < -0.39 is 0 Å². The summed E-state index contributed by atoms with van der Waals surface area (Å²) in [6.45, 7) is 2.03. The molecule has 0 aliphatic rings. The molecule has 28 heavy (non-hydrogen) atoms. The van der Waals surface area contributed by atoms with Gasteiger partial charge in [0.1, 0.15) is 0 Å². The summed E-state index contributed by atoms with van der Waals surface area (Å²) in [5, 5.41) is 4.84. The molecule has 0 atom stereocenters. The third kappa shape index (κ3) is 3.78. The Hall–Kier alpha value is -3.86. The van der Waals surface area contributed by atoms with Crippen LogP contribution in [0.4, 0.5) is 0 Å². The molecule has 0 aliphatic carbocycles. The van der Waals surface area contributed by atoms with Crippen molar-refractivity contribution in [3.63, 3.8) is 0 Å². The Morgan fingerprint density at radius 3 is 2.75 bits per heavy atom. The predicted octanol–water partition coefficient (Wildman–Crippen LogP) is 4.37. The Bertz CT molecular complexity index is 1170. The van der Waals surface area contributed by atoms with Gasteiger partial charge in [-0.15, -0.1) is 0 Å². The van der Waals surface area contributed by atoms with E-state index in [0.717, 1.165) is 33.3 Å². The molecule has 2 aromatic carbocycles. The first kappa shape index (κ1) is 17.5. The molecular weight excluding hydrogens is 348 g/mol. The summed E-state index contributed by atoms with van der Waals surface area (Å²) in [7, 11) is 0. The molecule has 5 nitrogen and oxygen atoms in total. The lowest BCUT2D eigenvalue weighted by molar-refractivity contribution is 0.0956. The maximum Gasteiger partial charge on any atom is 0.272 e. The summed E-state index contributed by atoms with van der Waals surface area (Å²) >= 11 is 0. The van der Waals surface area contributed by atoms with Gasteiger partial charge >= 0.3 is 0 Å². The molecule has 0 saturated heterocycles. The maximum absolute atomic E-state index is 12.8. The first-order valence-corrected chi connectivity index (χ1v) is 8.91. The topological polar surface area (TPSA) is 67.2 Å². The smallest absolute Gasteiger partial charge is 0.267 e. The van der Waals surface area contributed by atoms with Crippen LogP contribution in [0, 0.1) is 6.92 Å². The van der Waals surface area contributed by atoms with Crippen molar-refractivity contribution in [2.75, 3.05) is 0 Å². The van der Waals surface area contributed by atoms with Crippen molar-refractivity contribution in [1.29, 1.82) is 0 Å². The monoisotopic (exact) mass is 366 g/mol. The van der Waals surface area contributed by atoms with Crippen molar-refractivity contribution in [1.82, 2.24) is 15.4 Å². The standard InChI is InChI=1S/C23H18N4O/c1-16-6-4-8-18(12-16)22-13-20(19-9-2-3-10-21(19)26-22)23(28)27-25-15-17-7-5-11-24-14-17/h2-15H,1H3,(H,27,28)/b25-15-. The second-order valence-corrected chi connectivity index (χ2v) is 6.43. The number of hydrogen-bond donors (Lipinski definition) is 1. The Balaban J connectivity index is 1.70. The molecule has 2 aromatic heterocycles. The van der Waals surface area contributed by atoms with Gasteiger partial charge in [0, 0.05) is 28.9 Å². The van der Waals surface area contributed by atoms with E-state index in [0.29, 0.717) is 5.56 Å². The highest BCUT2D eigenvalue weighted by atomic mass is 16.2. The number of hydrogen-bond acceptors (Lipinski definition) is 4. The summed E-state index contributed by atoms with van der Waals surface area (Å²) in [4.78, 5) is 21.6. The van der Waals surface area contributed by atoms with E-state index in [-0.39, 0.29) is 5.91 Å². The third-order valence-corrected chi connectivity index (χ3v) is 4.34. The van der Waals surface area contributed by atoms with Crippen LogP contribution in [-0.2, 0) is 0 Å². The number of para-hydroxylation sites is 1. The number of fused-ring (bicyclic) bond motifs is 1. The molecule has 136 valence electrons. The number of pyridine rings is 2. The molecule has 4 rings (SSSR count). The number of nitrogens with one attached hydrogen (secondary N) is 1.